The number of hydrogen-bond donors (Lipinski definition) is 1. The van der Waals surface area contributed by atoms with Gasteiger partial charge in [-0.3, -0.25) is 4.98 Å². The first-order chi connectivity index (χ1) is 12.7. The van der Waals surface area contributed by atoms with Gasteiger partial charge in [-0.2, -0.15) is 0 Å². The lowest BCUT2D eigenvalue weighted by atomic mass is 10.1. The van der Waals surface area contributed by atoms with E-state index in [2.05, 4.69) is 34.6 Å². The Morgan fingerprint density at radius 1 is 1.04 bits per heavy atom. The van der Waals surface area contributed by atoms with Crippen LogP contribution in [0, 0.1) is 6.92 Å². The van der Waals surface area contributed by atoms with E-state index < -0.39 is 0 Å². The molecular weight excluding hydrogens is 364 g/mol. The molecule has 0 amide bonds. The molecule has 0 atom stereocenters. The minimum absolute atomic E-state index is 0.681. The van der Waals surface area contributed by atoms with Gasteiger partial charge < -0.3 is 5.32 Å². The fourth-order valence-electron chi connectivity index (χ4n) is 2.81. The molecule has 1 N–H and O–H groups in total. The third-order valence-electron chi connectivity index (χ3n) is 4.14. The minimum atomic E-state index is 0.681. The van der Waals surface area contributed by atoms with Crippen LogP contribution >= 0.6 is 22.9 Å². The van der Waals surface area contributed by atoms with Crippen LogP contribution in [-0.4, -0.2) is 21.5 Å². The van der Waals surface area contributed by atoms with E-state index in [0.717, 1.165) is 44.5 Å². The first kappa shape index (κ1) is 16.9. The van der Waals surface area contributed by atoms with E-state index in [1.807, 2.05) is 25.1 Å². The van der Waals surface area contributed by atoms with Gasteiger partial charge in [0.2, 0.25) is 0 Å². The van der Waals surface area contributed by atoms with Crippen molar-refractivity contribution in [1.82, 2.24) is 15.0 Å². The van der Waals surface area contributed by atoms with Gasteiger partial charge in [0.1, 0.15) is 10.6 Å². The molecule has 0 aliphatic carbocycles. The minimum Gasteiger partial charge on any atom is -0.369 e. The number of anilines is 1. The third-order valence-corrected chi connectivity index (χ3v) is 5.73. The first-order valence-corrected chi connectivity index (χ1v) is 9.56. The van der Waals surface area contributed by atoms with Crippen LogP contribution in [0.2, 0.25) is 5.02 Å². The summed E-state index contributed by atoms with van der Waals surface area (Å²) < 4.78 is 0. The molecule has 4 rings (SSSR count). The predicted octanol–water partition coefficient (Wildman–Crippen LogP) is 5.37. The molecule has 3 aromatic heterocycles. The SMILES string of the molecule is Cc1sc2nc(-c3ccncc3)nc(NCCc3ccccc3)c2c1Cl. The van der Waals surface area contributed by atoms with Crippen molar-refractivity contribution >= 4 is 39.0 Å². The van der Waals surface area contributed by atoms with Crippen LogP contribution in [0.5, 0.6) is 0 Å². The zero-order chi connectivity index (χ0) is 17.9. The molecule has 0 spiro atoms. The molecule has 0 fully saturated rings. The highest BCUT2D eigenvalue weighted by molar-refractivity contribution is 7.19. The van der Waals surface area contributed by atoms with Gasteiger partial charge in [0.25, 0.3) is 0 Å². The summed E-state index contributed by atoms with van der Waals surface area (Å²) in [6, 6.07) is 14.2. The van der Waals surface area contributed by atoms with E-state index in [-0.39, 0.29) is 0 Å². The fraction of sp³-hybridized carbons (Fsp3) is 0.150. The van der Waals surface area contributed by atoms with E-state index >= 15 is 0 Å². The van der Waals surface area contributed by atoms with Gasteiger partial charge >= 0.3 is 0 Å². The van der Waals surface area contributed by atoms with Gasteiger partial charge in [-0.15, -0.1) is 11.3 Å². The number of halogens is 1. The topological polar surface area (TPSA) is 50.7 Å². The normalized spacial score (nSPS) is 11.0. The molecule has 0 bridgehead atoms. The highest BCUT2D eigenvalue weighted by Gasteiger charge is 2.16. The van der Waals surface area contributed by atoms with Crippen LogP contribution in [0.25, 0.3) is 21.6 Å². The molecule has 26 heavy (non-hydrogen) atoms. The van der Waals surface area contributed by atoms with Crippen LogP contribution in [0.3, 0.4) is 0 Å². The molecule has 0 aliphatic heterocycles. The summed E-state index contributed by atoms with van der Waals surface area (Å²) in [6.07, 6.45) is 4.41. The number of hydrogen-bond acceptors (Lipinski definition) is 5. The molecule has 4 nitrogen and oxygen atoms in total. The molecule has 0 saturated heterocycles. The number of pyridine rings is 1. The number of rotatable bonds is 5. The van der Waals surface area contributed by atoms with Crippen LogP contribution in [0.1, 0.15) is 10.4 Å². The molecule has 3 heterocycles. The maximum Gasteiger partial charge on any atom is 0.163 e. The lowest BCUT2D eigenvalue weighted by Crippen LogP contribution is -2.07. The van der Waals surface area contributed by atoms with E-state index in [1.54, 1.807) is 23.7 Å². The van der Waals surface area contributed by atoms with E-state index in [4.69, 9.17) is 21.6 Å². The van der Waals surface area contributed by atoms with Crippen LogP contribution in [0.15, 0.2) is 54.9 Å². The van der Waals surface area contributed by atoms with Crippen molar-refractivity contribution in [1.29, 1.82) is 0 Å². The highest BCUT2D eigenvalue weighted by atomic mass is 35.5. The number of nitrogens with zero attached hydrogens (tertiary/aromatic N) is 3. The number of nitrogens with one attached hydrogen (secondary N) is 1. The van der Waals surface area contributed by atoms with Crippen LogP contribution < -0.4 is 5.32 Å². The molecule has 4 aromatic rings. The van der Waals surface area contributed by atoms with Gasteiger partial charge in [0.05, 0.1) is 10.4 Å². The summed E-state index contributed by atoms with van der Waals surface area (Å²) in [5.74, 6) is 1.46. The first-order valence-electron chi connectivity index (χ1n) is 8.37. The van der Waals surface area contributed by atoms with Crippen molar-refractivity contribution in [3.63, 3.8) is 0 Å². The molecule has 0 radical (unpaired) electrons. The Morgan fingerprint density at radius 3 is 2.58 bits per heavy atom. The number of benzene rings is 1. The van der Waals surface area contributed by atoms with E-state index in [9.17, 15) is 0 Å². The Labute approximate surface area is 160 Å². The van der Waals surface area contributed by atoms with Crippen LogP contribution in [0.4, 0.5) is 5.82 Å². The second-order valence-electron chi connectivity index (χ2n) is 5.95. The van der Waals surface area contributed by atoms with Crippen molar-refractivity contribution in [2.45, 2.75) is 13.3 Å². The monoisotopic (exact) mass is 380 g/mol. The zero-order valence-electron chi connectivity index (χ0n) is 14.2. The van der Waals surface area contributed by atoms with Crippen molar-refractivity contribution in [3.05, 3.63) is 70.3 Å². The Balaban J connectivity index is 1.69. The van der Waals surface area contributed by atoms with E-state index in [0.29, 0.717) is 5.82 Å². The van der Waals surface area contributed by atoms with E-state index in [1.165, 1.54) is 5.56 Å². The lowest BCUT2D eigenvalue weighted by Gasteiger charge is -2.09. The Kier molecular flexibility index (Phi) is 4.82. The fourth-order valence-corrected chi connectivity index (χ4v) is 4.07. The van der Waals surface area contributed by atoms with Crippen molar-refractivity contribution in [2.24, 2.45) is 0 Å². The summed E-state index contributed by atoms with van der Waals surface area (Å²) in [4.78, 5) is 15.5. The second kappa shape index (κ2) is 7.40. The number of aromatic nitrogens is 3. The molecule has 1 aromatic carbocycles. The van der Waals surface area contributed by atoms with Gasteiger partial charge in [0.15, 0.2) is 5.82 Å². The van der Waals surface area contributed by atoms with Gasteiger partial charge in [-0.25, -0.2) is 9.97 Å². The summed E-state index contributed by atoms with van der Waals surface area (Å²) in [5.41, 5.74) is 2.22. The largest absolute Gasteiger partial charge is 0.369 e. The predicted molar refractivity (Wildman–Crippen MR) is 109 cm³/mol. The Hall–Kier alpha value is -2.50. The average molecular weight is 381 g/mol. The van der Waals surface area contributed by atoms with Gasteiger partial charge in [-0.1, -0.05) is 41.9 Å². The Bertz CT molecular complexity index is 1030. The highest BCUT2D eigenvalue weighted by Crippen LogP contribution is 2.38. The molecule has 6 heteroatoms. The van der Waals surface area contributed by atoms with Crippen molar-refractivity contribution in [3.8, 4) is 11.4 Å². The Morgan fingerprint density at radius 2 is 1.81 bits per heavy atom. The van der Waals surface area contributed by atoms with Crippen LogP contribution in [-0.2, 0) is 6.42 Å². The third kappa shape index (κ3) is 3.41. The molecule has 130 valence electrons. The standard InChI is InChI=1S/C20H17ClN4S/c1-13-17(21)16-19(23-12-7-14-5-3-2-4-6-14)24-18(25-20(16)26-13)15-8-10-22-11-9-15/h2-6,8-11H,7,12H2,1H3,(H,23,24,25). The second-order valence-corrected chi connectivity index (χ2v) is 7.53. The molecule has 0 aliphatic rings. The molecular formula is C20H17ClN4S. The molecule has 0 unspecified atom stereocenters. The van der Waals surface area contributed by atoms with Crippen molar-refractivity contribution < 1.29 is 0 Å². The number of aryl methyl sites for hydroxylation is 1. The average Bonchev–Trinajstić information content (AvgIpc) is 2.97. The summed E-state index contributed by atoms with van der Waals surface area (Å²) in [7, 11) is 0. The molecule has 0 saturated carbocycles. The maximum absolute atomic E-state index is 6.52. The summed E-state index contributed by atoms with van der Waals surface area (Å²) in [5, 5.41) is 5.09. The van der Waals surface area contributed by atoms with Gasteiger partial charge in [0, 0.05) is 29.4 Å². The van der Waals surface area contributed by atoms with Gasteiger partial charge in [-0.05, 0) is 31.0 Å². The smallest absolute Gasteiger partial charge is 0.163 e. The maximum atomic E-state index is 6.52. The van der Waals surface area contributed by atoms with Crippen molar-refractivity contribution in [2.75, 3.05) is 11.9 Å². The summed E-state index contributed by atoms with van der Waals surface area (Å²) >= 11 is 8.11. The number of thiophene rings is 1. The lowest BCUT2D eigenvalue weighted by molar-refractivity contribution is 1.01. The summed E-state index contributed by atoms with van der Waals surface area (Å²) in [6.45, 7) is 2.78. The quantitative estimate of drug-likeness (QED) is 0.505. The number of fused-ring (bicyclic) bond motifs is 1. The zero-order valence-corrected chi connectivity index (χ0v) is 15.8.